The number of carbonyl (C=O) groups is 1. The minimum Gasteiger partial charge on any atom is -0.493 e. The molecule has 0 saturated heterocycles. The highest BCUT2D eigenvalue weighted by atomic mass is 16.5. The van der Waals surface area contributed by atoms with Crippen LogP contribution in [0.1, 0.15) is 50.5 Å². The van der Waals surface area contributed by atoms with Crippen LogP contribution in [0.3, 0.4) is 0 Å². The van der Waals surface area contributed by atoms with E-state index in [-0.39, 0.29) is 5.78 Å². The van der Waals surface area contributed by atoms with Crippen molar-refractivity contribution < 1.29 is 9.53 Å². The molecule has 0 spiro atoms. The van der Waals surface area contributed by atoms with E-state index in [2.05, 4.69) is 31.2 Å². The van der Waals surface area contributed by atoms with Gasteiger partial charge in [0.05, 0.1) is 13.3 Å². The van der Waals surface area contributed by atoms with E-state index in [9.17, 15) is 4.79 Å². The first-order chi connectivity index (χ1) is 9.10. The van der Waals surface area contributed by atoms with Crippen LogP contribution in [0.5, 0.6) is 5.75 Å². The van der Waals surface area contributed by atoms with Gasteiger partial charge in [-0.3, -0.25) is 9.48 Å². The maximum atomic E-state index is 12.3. The number of hydrogen-bond donors (Lipinski definition) is 1. The Bertz CT molecular complexity index is 399. The third-order valence-corrected chi connectivity index (χ3v) is 2.86. The zero-order chi connectivity index (χ0) is 14.3. The number of nitrogens with zero attached hydrogens (tertiary/aromatic N) is 2. The van der Waals surface area contributed by atoms with E-state index in [0.717, 1.165) is 25.9 Å². The predicted octanol–water partition coefficient (Wildman–Crippen LogP) is 2.26. The van der Waals surface area contributed by atoms with Crippen LogP contribution in [-0.2, 0) is 6.54 Å². The van der Waals surface area contributed by atoms with Gasteiger partial charge in [-0.15, -0.1) is 0 Å². The summed E-state index contributed by atoms with van der Waals surface area (Å²) >= 11 is 0. The van der Waals surface area contributed by atoms with Crippen molar-refractivity contribution in [1.82, 2.24) is 15.1 Å². The molecule has 5 nitrogen and oxygen atoms in total. The number of nitrogens with one attached hydrogen (secondary N) is 1. The minimum absolute atomic E-state index is 0.105. The number of aryl methyl sites for hydroxylation is 1. The molecule has 108 valence electrons. The maximum Gasteiger partial charge on any atom is 0.184 e. The summed E-state index contributed by atoms with van der Waals surface area (Å²) in [5.41, 5.74) is 0.605. The molecule has 0 aliphatic rings. The standard InChI is InChI=1S/C14H25N3O2/c1-5-9-17-14(13(19-4)10-16-17)12(18)7-6-8-15-11(2)3/h10-11,15H,5-9H2,1-4H3. The predicted molar refractivity (Wildman–Crippen MR) is 75.8 cm³/mol. The van der Waals surface area contributed by atoms with Crippen molar-refractivity contribution in [3.63, 3.8) is 0 Å². The molecule has 0 bridgehead atoms. The lowest BCUT2D eigenvalue weighted by molar-refractivity contribution is 0.0966. The van der Waals surface area contributed by atoms with Gasteiger partial charge in [0.1, 0.15) is 5.69 Å². The van der Waals surface area contributed by atoms with E-state index >= 15 is 0 Å². The molecule has 0 aromatic carbocycles. The molecule has 1 aromatic rings. The van der Waals surface area contributed by atoms with Gasteiger partial charge in [-0.25, -0.2) is 0 Å². The topological polar surface area (TPSA) is 56.2 Å². The summed E-state index contributed by atoms with van der Waals surface area (Å²) in [5.74, 6) is 0.684. The third kappa shape index (κ3) is 4.67. The molecule has 1 aromatic heterocycles. The fourth-order valence-electron chi connectivity index (χ4n) is 1.94. The smallest absolute Gasteiger partial charge is 0.184 e. The Hall–Kier alpha value is -1.36. The highest BCUT2D eigenvalue weighted by molar-refractivity contribution is 5.97. The third-order valence-electron chi connectivity index (χ3n) is 2.86. The second kappa shape index (κ2) is 7.94. The zero-order valence-electron chi connectivity index (χ0n) is 12.4. The number of methoxy groups -OCH3 is 1. The van der Waals surface area contributed by atoms with Crippen molar-refractivity contribution in [3.05, 3.63) is 11.9 Å². The largest absolute Gasteiger partial charge is 0.493 e. The van der Waals surface area contributed by atoms with Crippen LogP contribution in [0.4, 0.5) is 0 Å². The SMILES string of the molecule is CCCn1ncc(OC)c1C(=O)CCCNC(C)C. The van der Waals surface area contributed by atoms with Crippen LogP contribution in [-0.4, -0.2) is 35.3 Å². The summed E-state index contributed by atoms with van der Waals surface area (Å²) in [7, 11) is 1.57. The summed E-state index contributed by atoms with van der Waals surface area (Å²) in [6.45, 7) is 7.86. The summed E-state index contributed by atoms with van der Waals surface area (Å²) in [4.78, 5) is 12.3. The van der Waals surface area contributed by atoms with Crippen LogP contribution in [0.15, 0.2) is 6.20 Å². The van der Waals surface area contributed by atoms with Crippen molar-refractivity contribution in [1.29, 1.82) is 0 Å². The summed E-state index contributed by atoms with van der Waals surface area (Å²) in [6.07, 6.45) is 3.91. The van der Waals surface area contributed by atoms with Gasteiger partial charge in [0.25, 0.3) is 0 Å². The van der Waals surface area contributed by atoms with Gasteiger partial charge in [0, 0.05) is 19.0 Å². The van der Waals surface area contributed by atoms with Gasteiger partial charge >= 0.3 is 0 Å². The number of hydrogen-bond acceptors (Lipinski definition) is 4. The quantitative estimate of drug-likeness (QED) is 0.551. The Morgan fingerprint density at radius 3 is 2.84 bits per heavy atom. The van der Waals surface area contributed by atoms with Gasteiger partial charge in [0.2, 0.25) is 0 Å². The Morgan fingerprint density at radius 2 is 2.26 bits per heavy atom. The minimum atomic E-state index is 0.105. The molecule has 0 radical (unpaired) electrons. The first kappa shape index (κ1) is 15.7. The molecule has 19 heavy (non-hydrogen) atoms. The van der Waals surface area contributed by atoms with Crippen LogP contribution in [0, 0.1) is 0 Å². The molecule has 0 aliphatic heterocycles. The number of rotatable bonds is 9. The molecule has 1 N–H and O–H groups in total. The van der Waals surface area contributed by atoms with Crippen LogP contribution >= 0.6 is 0 Å². The normalized spacial score (nSPS) is 11.0. The highest BCUT2D eigenvalue weighted by Gasteiger charge is 2.18. The Balaban J connectivity index is 2.61. The number of aromatic nitrogens is 2. The van der Waals surface area contributed by atoms with Crippen molar-refractivity contribution in [3.8, 4) is 5.75 Å². The summed E-state index contributed by atoms with van der Waals surface area (Å²) in [5, 5.41) is 7.52. The lowest BCUT2D eigenvalue weighted by Gasteiger charge is -2.09. The fraction of sp³-hybridized carbons (Fsp3) is 0.714. The number of ketones is 1. The average Bonchev–Trinajstić information content (AvgIpc) is 2.77. The fourth-order valence-corrected chi connectivity index (χ4v) is 1.94. The van der Waals surface area contributed by atoms with Crippen LogP contribution in [0.25, 0.3) is 0 Å². The molecule has 0 fully saturated rings. The molecular formula is C14H25N3O2. The molecule has 5 heteroatoms. The lowest BCUT2D eigenvalue weighted by atomic mass is 10.1. The number of carbonyl (C=O) groups excluding carboxylic acids is 1. The van der Waals surface area contributed by atoms with Crippen molar-refractivity contribution in [2.75, 3.05) is 13.7 Å². The Kier molecular flexibility index (Phi) is 6.56. The molecular weight excluding hydrogens is 242 g/mol. The monoisotopic (exact) mass is 267 g/mol. The molecule has 0 aliphatic carbocycles. The van der Waals surface area contributed by atoms with Gasteiger partial charge in [-0.1, -0.05) is 20.8 Å². The second-order valence-electron chi connectivity index (χ2n) is 4.92. The van der Waals surface area contributed by atoms with Gasteiger partial charge in [-0.2, -0.15) is 5.10 Å². The number of Topliss-reactive ketones (excluding diaryl/α,β-unsaturated/α-hetero) is 1. The number of ether oxygens (including phenoxy) is 1. The molecule has 0 unspecified atom stereocenters. The van der Waals surface area contributed by atoms with E-state index in [4.69, 9.17) is 4.74 Å². The van der Waals surface area contributed by atoms with Gasteiger partial charge in [0.15, 0.2) is 11.5 Å². The average molecular weight is 267 g/mol. The van der Waals surface area contributed by atoms with Crippen molar-refractivity contribution >= 4 is 5.78 Å². The Labute approximate surface area is 115 Å². The molecule has 0 saturated carbocycles. The van der Waals surface area contributed by atoms with Crippen LogP contribution in [0.2, 0.25) is 0 Å². The molecule has 0 atom stereocenters. The van der Waals surface area contributed by atoms with Crippen molar-refractivity contribution in [2.24, 2.45) is 0 Å². The molecule has 1 rings (SSSR count). The van der Waals surface area contributed by atoms with E-state index in [1.165, 1.54) is 0 Å². The second-order valence-corrected chi connectivity index (χ2v) is 4.92. The first-order valence-corrected chi connectivity index (χ1v) is 6.96. The summed E-state index contributed by atoms with van der Waals surface area (Å²) in [6, 6.07) is 0.454. The van der Waals surface area contributed by atoms with Gasteiger partial charge in [-0.05, 0) is 19.4 Å². The lowest BCUT2D eigenvalue weighted by Crippen LogP contribution is -2.24. The van der Waals surface area contributed by atoms with E-state index in [1.807, 2.05) is 0 Å². The maximum absolute atomic E-state index is 12.3. The van der Waals surface area contributed by atoms with E-state index in [1.54, 1.807) is 18.0 Å². The van der Waals surface area contributed by atoms with E-state index < -0.39 is 0 Å². The molecule has 1 heterocycles. The van der Waals surface area contributed by atoms with E-state index in [0.29, 0.717) is 23.9 Å². The highest BCUT2D eigenvalue weighted by Crippen LogP contribution is 2.20. The zero-order valence-corrected chi connectivity index (χ0v) is 12.4. The van der Waals surface area contributed by atoms with Gasteiger partial charge < -0.3 is 10.1 Å². The van der Waals surface area contributed by atoms with Crippen LogP contribution < -0.4 is 10.1 Å². The van der Waals surface area contributed by atoms with Crippen molar-refractivity contribution in [2.45, 2.75) is 52.6 Å². The summed E-state index contributed by atoms with van der Waals surface area (Å²) < 4.78 is 6.97. The molecule has 0 amide bonds. The Morgan fingerprint density at radius 1 is 1.53 bits per heavy atom. The first-order valence-electron chi connectivity index (χ1n) is 6.96.